The van der Waals surface area contributed by atoms with Crippen molar-refractivity contribution >= 4 is 0 Å². The minimum atomic E-state index is -0.0992. The second-order valence-electron chi connectivity index (χ2n) is 6.89. The van der Waals surface area contributed by atoms with Gasteiger partial charge < -0.3 is 5.11 Å². The van der Waals surface area contributed by atoms with Gasteiger partial charge in [0.1, 0.15) is 0 Å². The average molecular weight is 288 g/mol. The van der Waals surface area contributed by atoms with Gasteiger partial charge in [-0.15, -0.1) is 0 Å². The van der Waals surface area contributed by atoms with Crippen LogP contribution in [0.3, 0.4) is 0 Å². The molecule has 0 bridgehead atoms. The number of nitrogens with zero attached hydrogens (tertiary/aromatic N) is 2. The van der Waals surface area contributed by atoms with Gasteiger partial charge in [-0.3, -0.25) is 9.80 Å². The van der Waals surface area contributed by atoms with Crippen LogP contribution in [0.15, 0.2) is 30.3 Å². The Morgan fingerprint density at radius 2 is 1.90 bits per heavy atom. The number of aliphatic hydroxyl groups is 1. The van der Waals surface area contributed by atoms with E-state index in [4.69, 9.17) is 0 Å². The summed E-state index contributed by atoms with van der Waals surface area (Å²) in [5.41, 5.74) is 1.40. The fourth-order valence-electron chi connectivity index (χ4n) is 3.98. The first-order valence-corrected chi connectivity index (χ1v) is 8.41. The number of hydrogen-bond acceptors (Lipinski definition) is 3. The Hall–Kier alpha value is -0.900. The fraction of sp³-hybridized carbons (Fsp3) is 0.667. The zero-order valence-electron chi connectivity index (χ0n) is 13.1. The zero-order valence-corrected chi connectivity index (χ0v) is 13.1. The molecule has 1 N–H and O–H groups in total. The summed E-state index contributed by atoms with van der Waals surface area (Å²) in [7, 11) is 0. The highest BCUT2D eigenvalue weighted by atomic mass is 16.3. The number of benzene rings is 1. The van der Waals surface area contributed by atoms with Crippen LogP contribution in [0.4, 0.5) is 0 Å². The van der Waals surface area contributed by atoms with Crippen LogP contribution in [0, 0.1) is 5.92 Å². The van der Waals surface area contributed by atoms with Crippen LogP contribution in [0.1, 0.15) is 31.7 Å². The van der Waals surface area contributed by atoms with E-state index in [1.54, 1.807) is 0 Å². The van der Waals surface area contributed by atoms with E-state index in [-0.39, 0.29) is 6.10 Å². The minimum Gasteiger partial charge on any atom is -0.391 e. The average Bonchev–Trinajstić information content (AvgIpc) is 2.81. The highest BCUT2D eigenvalue weighted by molar-refractivity contribution is 5.14. The van der Waals surface area contributed by atoms with Gasteiger partial charge in [0.05, 0.1) is 6.10 Å². The van der Waals surface area contributed by atoms with E-state index in [2.05, 4.69) is 47.1 Å². The summed E-state index contributed by atoms with van der Waals surface area (Å²) in [5.74, 6) is 0.670. The summed E-state index contributed by atoms with van der Waals surface area (Å²) in [5, 5.41) is 10.2. The molecule has 0 spiro atoms. The predicted molar refractivity (Wildman–Crippen MR) is 86.1 cm³/mol. The van der Waals surface area contributed by atoms with E-state index in [1.165, 1.54) is 18.4 Å². The van der Waals surface area contributed by atoms with Crippen molar-refractivity contribution < 1.29 is 5.11 Å². The standard InChI is InChI=1S/C18H28N2O/c1-15-12-19(14-16-6-3-2-4-7-16)10-11-20(13-15)17-8-5-9-18(17)21/h2-4,6-7,15,17-18,21H,5,8-14H2,1H3/t15?,17-,18-/m0/s1. The molecule has 1 aliphatic heterocycles. The molecule has 1 saturated carbocycles. The molecule has 0 amide bonds. The summed E-state index contributed by atoms with van der Waals surface area (Å²) in [6, 6.07) is 11.2. The Kier molecular flexibility index (Phi) is 4.94. The normalized spacial score (nSPS) is 32.2. The van der Waals surface area contributed by atoms with E-state index in [1.807, 2.05) is 0 Å². The van der Waals surface area contributed by atoms with Crippen LogP contribution in [0.2, 0.25) is 0 Å². The molecule has 3 nitrogen and oxygen atoms in total. The Morgan fingerprint density at radius 3 is 2.62 bits per heavy atom. The molecule has 1 unspecified atom stereocenters. The van der Waals surface area contributed by atoms with Gasteiger partial charge in [-0.05, 0) is 30.7 Å². The van der Waals surface area contributed by atoms with Crippen LogP contribution < -0.4 is 0 Å². The number of aliphatic hydroxyl groups excluding tert-OH is 1. The van der Waals surface area contributed by atoms with Gasteiger partial charge in [0.15, 0.2) is 0 Å². The molecule has 1 aliphatic carbocycles. The first-order chi connectivity index (χ1) is 10.2. The third-order valence-corrected chi connectivity index (χ3v) is 4.98. The smallest absolute Gasteiger partial charge is 0.0695 e. The Morgan fingerprint density at radius 1 is 1.10 bits per heavy atom. The quantitative estimate of drug-likeness (QED) is 0.925. The van der Waals surface area contributed by atoms with Crippen molar-refractivity contribution in [2.24, 2.45) is 5.92 Å². The molecule has 3 atom stereocenters. The predicted octanol–water partition coefficient (Wildman–Crippen LogP) is 2.35. The molecule has 1 aromatic carbocycles. The number of hydrogen-bond donors (Lipinski definition) is 1. The van der Waals surface area contributed by atoms with Crippen LogP contribution in [-0.4, -0.2) is 53.2 Å². The topological polar surface area (TPSA) is 26.7 Å². The van der Waals surface area contributed by atoms with Gasteiger partial charge in [-0.25, -0.2) is 0 Å². The second-order valence-corrected chi connectivity index (χ2v) is 6.89. The van der Waals surface area contributed by atoms with E-state index in [9.17, 15) is 5.11 Å². The lowest BCUT2D eigenvalue weighted by atomic mass is 10.1. The van der Waals surface area contributed by atoms with Crippen LogP contribution >= 0.6 is 0 Å². The lowest BCUT2D eigenvalue weighted by Gasteiger charge is -2.30. The highest BCUT2D eigenvalue weighted by Gasteiger charge is 2.32. The molecule has 116 valence electrons. The maximum absolute atomic E-state index is 10.2. The lowest BCUT2D eigenvalue weighted by molar-refractivity contribution is 0.0680. The summed E-state index contributed by atoms with van der Waals surface area (Å²) in [4.78, 5) is 5.12. The molecule has 21 heavy (non-hydrogen) atoms. The summed E-state index contributed by atoms with van der Waals surface area (Å²) in [6.45, 7) is 7.90. The first-order valence-electron chi connectivity index (χ1n) is 8.41. The molecule has 1 heterocycles. The molecule has 1 aromatic rings. The molecule has 2 aliphatic rings. The van der Waals surface area contributed by atoms with E-state index < -0.39 is 0 Å². The van der Waals surface area contributed by atoms with Gasteiger partial charge in [0.2, 0.25) is 0 Å². The molecule has 0 aromatic heterocycles. The van der Waals surface area contributed by atoms with Crippen molar-refractivity contribution in [1.29, 1.82) is 0 Å². The molecular weight excluding hydrogens is 260 g/mol. The highest BCUT2D eigenvalue weighted by Crippen LogP contribution is 2.26. The van der Waals surface area contributed by atoms with Crippen molar-refractivity contribution in [3.8, 4) is 0 Å². The molecule has 2 fully saturated rings. The van der Waals surface area contributed by atoms with Crippen molar-refractivity contribution in [3.63, 3.8) is 0 Å². The molecule has 3 rings (SSSR count). The Bertz CT molecular complexity index is 436. The Labute approximate surface area is 128 Å². The van der Waals surface area contributed by atoms with Crippen LogP contribution in [0.5, 0.6) is 0 Å². The van der Waals surface area contributed by atoms with Gasteiger partial charge in [-0.1, -0.05) is 37.3 Å². The summed E-state index contributed by atoms with van der Waals surface area (Å²) in [6.07, 6.45) is 3.25. The number of rotatable bonds is 3. The van der Waals surface area contributed by atoms with Gasteiger partial charge in [0.25, 0.3) is 0 Å². The Balaban J connectivity index is 1.60. The van der Waals surface area contributed by atoms with E-state index in [0.717, 1.165) is 39.1 Å². The van der Waals surface area contributed by atoms with Crippen molar-refractivity contribution in [3.05, 3.63) is 35.9 Å². The molecule has 1 saturated heterocycles. The SMILES string of the molecule is CC1CN(Cc2ccccc2)CCN([C@H]2CCC[C@@H]2O)C1. The zero-order chi connectivity index (χ0) is 14.7. The van der Waals surface area contributed by atoms with Crippen LogP contribution in [-0.2, 0) is 6.54 Å². The molecule has 3 heteroatoms. The fourth-order valence-corrected chi connectivity index (χ4v) is 3.98. The largest absolute Gasteiger partial charge is 0.391 e. The van der Waals surface area contributed by atoms with Gasteiger partial charge in [-0.2, -0.15) is 0 Å². The minimum absolute atomic E-state index is 0.0992. The van der Waals surface area contributed by atoms with Gasteiger partial charge in [0, 0.05) is 38.8 Å². The van der Waals surface area contributed by atoms with Crippen molar-refractivity contribution in [2.45, 2.75) is 44.9 Å². The molecular formula is C18H28N2O. The monoisotopic (exact) mass is 288 g/mol. The lowest BCUT2D eigenvalue weighted by Crippen LogP contribution is -2.43. The maximum Gasteiger partial charge on any atom is 0.0695 e. The first kappa shape index (κ1) is 15.0. The molecule has 0 radical (unpaired) electrons. The maximum atomic E-state index is 10.2. The van der Waals surface area contributed by atoms with Crippen LogP contribution in [0.25, 0.3) is 0 Å². The van der Waals surface area contributed by atoms with E-state index >= 15 is 0 Å². The summed E-state index contributed by atoms with van der Waals surface area (Å²) < 4.78 is 0. The summed E-state index contributed by atoms with van der Waals surface area (Å²) >= 11 is 0. The third-order valence-electron chi connectivity index (χ3n) is 4.98. The van der Waals surface area contributed by atoms with Gasteiger partial charge >= 0.3 is 0 Å². The van der Waals surface area contributed by atoms with Crippen molar-refractivity contribution in [2.75, 3.05) is 26.2 Å². The third kappa shape index (κ3) is 3.85. The van der Waals surface area contributed by atoms with Crippen molar-refractivity contribution in [1.82, 2.24) is 9.80 Å². The second kappa shape index (κ2) is 6.91. The van der Waals surface area contributed by atoms with E-state index in [0.29, 0.717) is 12.0 Å².